The van der Waals surface area contributed by atoms with E-state index in [0.717, 1.165) is 6.42 Å². The van der Waals surface area contributed by atoms with Crippen molar-refractivity contribution in [3.8, 4) is 6.07 Å². The summed E-state index contributed by atoms with van der Waals surface area (Å²) in [5.74, 6) is 0. The molecule has 0 atom stereocenters. The maximum absolute atomic E-state index is 8.51. The summed E-state index contributed by atoms with van der Waals surface area (Å²) in [6.07, 6.45) is 3.73. The lowest BCUT2D eigenvalue weighted by atomic mass is 10.2. The van der Waals surface area contributed by atoms with Crippen LogP contribution >= 0.6 is 0 Å². The van der Waals surface area contributed by atoms with Crippen LogP contribution in [0.1, 0.15) is 33.6 Å². The number of rotatable bonds is 9. The predicted octanol–water partition coefficient (Wildman–Crippen LogP) is 4.47. The first-order chi connectivity index (χ1) is 8.50. The highest BCUT2D eigenvalue weighted by Gasteiger charge is 2.27. The average Bonchev–Trinajstić information content (AvgIpc) is 2.36. The molecule has 0 fully saturated rings. The highest BCUT2D eigenvalue weighted by molar-refractivity contribution is 6.85. The summed E-state index contributed by atoms with van der Waals surface area (Å²) in [6, 6.07) is 4.60. The molecule has 0 radical (unpaired) electrons. The van der Waals surface area contributed by atoms with Crippen molar-refractivity contribution < 1.29 is 4.74 Å². The molecule has 0 N–H and O–H groups in total. The zero-order chi connectivity index (χ0) is 14.0. The maximum Gasteiger partial charge on any atom is 0.0805 e. The van der Waals surface area contributed by atoms with Crippen LogP contribution in [0.25, 0.3) is 0 Å². The molecule has 3 heteroatoms. The summed E-state index contributed by atoms with van der Waals surface area (Å²) in [6.45, 7) is 14.2. The van der Waals surface area contributed by atoms with Gasteiger partial charge in [0.1, 0.15) is 0 Å². The monoisotopic (exact) mass is 265 g/mol. The van der Waals surface area contributed by atoms with Gasteiger partial charge >= 0.3 is 0 Å². The van der Waals surface area contributed by atoms with Crippen LogP contribution in [0, 0.1) is 11.3 Å². The summed E-state index contributed by atoms with van der Waals surface area (Å²) in [5, 5.41) is 9.99. The van der Waals surface area contributed by atoms with Gasteiger partial charge in [-0.25, -0.2) is 0 Å². The summed E-state index contributed by atoms with van der Waals surface area (Å²) < 4.78 is 5.63. The van der Waals surface area contributed by atoms with Crippen LogP contribution in [-0.4, -0.2) is 21.3 Å². The van der Waals surface area contributed by atoms with E-state index < -0.39 is 8.07 Å². The number of nitriles is 1. The number of nitrogens with zero attached hydrogens (tertiary/aromatic N) is 1. The summed E-state index contributed by atoms with van der Waals surface area (Å²) in [5.41, 5.74) is 1.19. The van der Waals surface area contributed by atoms with Crippen LogP contribution in [0.5, 0.6) is 0 Å². The molecular formula is C15H27NOSi. The normalized spacial score (nSPS) is 12.3. The smallest absolute Gasteiger partial charge is 0.0805 e. The van der Waals surface area contributed by atoms with E-state index in [-0.39, 0.29) is 0 Å². The van der Waals surface area contributed by atoms with Crippen molar-refractivity contribution in [2.75, 3.05) is 13.2 Å². The van der Waals surface area contributed by atoms with Gasteiger partial charge in [0.15, 0.2) is 0 Å². The number of hydrogen-bond acceptors (Lipinski definition) is 2. The van der Waals surface area contributed by atoms with Gasteiger partial charge in [-0.15, -0.1) is 0 Å². The number of hydrogen-bond donors (Lipinski definition) is 0. The van der Waals surface area contributed by atoms with Crippen LogP contribution in [0.15, 0.2) is 23.4 Å². The zero-order valence-electron chi connectivity index (χ0n) is 12.4. The van der Waals surface area contributed by atoms with E-state index >= 15 is 0 Å². The van der Waals surface area contributed by atoms with E-state index in [1.165, 1.54) is 22.9 Å². The molecular weight excluding hydrogens is 238 g/mol. The molecule has 102 valence electrons. The van der Waals surface area contributed by atoms with Crippen molar-refractivity contribution in [1.82, 2.24) is 0 Å². The Hall–Kier alpha value is -0.853. The molecule has 0 bridgehead atoms. The first-order valence-corrected chi connectivity index (χ1v) is 9.70. The maximum atomic E-state index is 8.51. The molecule has 0 amide bonds. The standard InChI is InChI=1S/C15H27NOSi/c1-6-18(5,7-2)15(10-9-14(3)4)13-17-12-8-11-16/h10H,3,6-9,12-13H2,1-2,4-5H3. The fourth-order valence-corrected chi connectivity index (χ4v) is 4.23. The van der Waals surface area contributed by atoms with E-state index in [1.54, 1.807) is 0 Å². The third-order valence-electron chi connectivity index (χ3n) is 3.65. The number of ether oxygens (including phenoxy) is 1. The van der Waals surface area contributed by atoms with Gasteiger partial charge in [-0.1, -0.05) is 55.9 Å². The van der Waals surface area contributed by atoms with E-state index in [2.05, 4.69) is 46.0 Å². The van der Waals surface area contributed by atoms with E-state index in [1.807, 2.05) is 0 Å². The molecule has 0 rings (SSSR count). The van der Waals surface area contributed by atoms with Gasteiger partial charge in [-0.3, -0.25) is 0 Å². The second-order valence-electron chi connectivity index (χ2n) is 5.12. The zero-order valence-corrected chi connectivity index (χ0v) is 13.4. The number of allylic oxidation sites excluding steroid dienone is 2. The van der Waals surface area contributed by atoms with Crippen molar-refractivity contribution in [2.24, 2.45) is 0 Å². The quantitative estimate of drug-likeness (QED) is 0.350. The van der Waals surface area contributed by atoms with E-state index in [0.29, 0.717) is 19.6 Å². The summed E-state index contributed by atoms with van der Waals surface area (Å²) in [4.78, 5) is 0. The molecule has 0 aliphatic rings. The first-order valence-electron chi connectivity index (χ1n) is 6.78. The van der Waals surface area contributed by atoms with Gasteiger partial charge in [0.25, 0.3) is 0 Å². The highest BCUT2D eigenvalue weighted by Crippen LogP contribution is 2.25. The first kappa shape index (κ1) is 17.1. The van der Waals surface area contributed by atoms with Crippen LogP contribution in [-0.2, 0) is 4.74 Å². The van der Waals surface area contributed by atoms with Crippen molar-refractivity contribution in [3.63, 3.8) is 0 Å². The third-order valence-corrected chi connectivity index (χ3v) is 8.67. The summed E-state index contributed by atoms with van der Waals surface area (Å²) in [7, 11) is -1.34. The van der Waals surface area contributed by atoms with Gasteiger partial charge in [-0.2, -0.15) is 5.26 Å². The second-order valence-corrected chi connectivity index (χ2v) is 10.3. The topological polar surface area (TPSA) is 33.0 Å². The van der Waals surface area contributed by atoms with Gasteiger partial charge in [0, 0.05) is 0 Å². The minimum Gasteiger partial charge on any atom is -0.376 e. The van der Waals surface area contributed by atoms with Crippen LogP contribution in [0.2, 0.25) is 18.6 Å². The average molecular weight is 265 g/mol. The van der Waals surface area contributed by atoms with Gasteiger partial charge in [0.05, 0.1) is 33.8 Å². The summed E-state index contributed by atoms with van der Waals surface area (Å²) >= 11 is 0. The fraction of sp³-hybridized carbons (Fsp3) is 0.667. The molecule has 0 unspecified atom stereocenters. The van der Waals surface area contributed by atoms with Gasteiger partial charge in [-0.05, 0) is 13.3 Å². The minimum atomic E-state index is -1.34. The van der Waals surface area contributed by atoms with Crippen LogP contribution in [0.3, 0.4) is 0 Å². The van der Waals surface area contributed by atoms with Crippen molar-refractivity contribution >= 4 is 8.07 Å². The molecule has 2 nitrogen and oxygen atoms in total. The molecule has 0 aromatic heterocycles. The molecule has 0 aromatic carbocycles. The van der Waals surface area contributed by atoms with Crippen molar-refractivity contribution in [2.45, 2.75) is 52.2 Å². The Bertz CT molecular complexity index is 324. The van der Waals surface area contributed by atoms with E-state index in [4.69, 9.17) is 10.00 Å². The van der Waals surface area contributed by atoms with Crippen molar-refractivity contribution in [3.05, 3.63) is 23.4 Å². The minimum absolute atomic E-state index is 0.476. The molecule has 18 heavy (non-hydrogen) atoms. The molecule has 0 heterocycles. The largest absolute Gasteiger partial charge is 0.376 e. The van der Waals surface area contributed by atoms with Gasteiger partial charge < -0.3 is 4.74 Å². The second kappa shape index (κ2) is 9.13. The molecule has 0 saturated carbocycles. The Kier molecular flexibility index (Phi) is 8.69. The highest BCUT2D eigenvalue weighted by atomic mass is 28.3. The SMILES string of the molecule is C=C(C)CC=C(COCCC#N)[Si](C)(CC)CC. The Morgan fingerprint density at radius 3 is 2.44 bits per heavy atom. The molecule has 0 aliphatic carbocycles. The molecule has 0 aromatic rings. The fourth-order valence-electron chi connectivity index (χ4n) is 1.78. The lowest BCUT2D eigenvalue weighted by Crippen LogP contribution is -2.33. The molecule has 0 saturated heterocycles. The van der Waals surface area contributed by atoms with Crippen LogP contribution < -0.4 is 0 Å². The Morgan fingerprint density at radius 2 is 2.00 bits per heavy atom. The lowest BCUT2D eigenvalue weighted by Gasteiger charge is -2.28. The Labute approximate surface area is 113 Å². The Morgan fingerprint density at radius 1 is 1.39 bits per heavy atom. The molecule has 0 spiro atoms. The predicted molar refractivity (Wildman–Crippen MR) is 81.1 cm³/mol. The van der Waals surface area contributed by atoms with Gasteiger partial charge in [0.2, 0.25) is 0 Å². The van der Waals surface area contributed by atoms with Crippen LogP contribution in [0.4, 0.5) is 0 Å². The third kappa shape index (κ3) is 6.18. The van der Waals surface area contributed by atoms with E-state index in [9.17, 15) is 0 Å². The molecule has 0 aliphatic heterocycles. The van der Waals surface area contributed by atoms with Crippen molar-refractivity contribution in [1.29, 1.82) is 5.26 Å². The lowest BCUT2D eigenvalue weighted by molar-refractivity contribution is 0.165. The Balaban J connectivity index is 4.67.